The molecule has 0 aliphatic carbocycles. The summed E-state index contributed by atoms with van der Waals surface area (Å²) in [4.78, 5) is 8.67. The lowest BCUT2D eigenvalue weighted by Gasteiger charge is -2.20. The summed E-state index contributed by atoms with van der Waals surface area (Å²) in [5.41, 5.74) is -0.918. The maximum Gasteiger partial charge on any atom is 0.508 e. The van der Waals surface area contributed by atoms with Gasteiger partial charge in [-0.25, -0.2) is 0 Å². The van der Waals surface area contributed by atoms with Gasteiger partial charge in [-0.1, -0.05) is 26.7 Å². The van der Waals surface area contributed by atoms with Gasteiger partial charge in [0.15, 0.2) is 0 Å². The minimum absolute atomic E-state index is 0.0127. The fourth-order valence-corrected chi connectivity index (χ4v) is 2.01. The zero-order valence-corrected chi connectivity index (χ0v) is 8.68. The van der Waals surface area contributed by atoms with Gasteiger partial charge in [0.05, 0.1) is 0 Å². The molecule has 0 heterocycles. The monoisotopic (exact) mass is 193 g/mol. The van der Waals surface area contributed by atoms with E-state index >= 15 is 0 Å². The van der Waals surface area contributed by atoms with Crippen LogP contribution in [0.4, 0.5) is 0 Å². The Bertz CT molecular complexity index is 149. The van der Waals surface area contributed by atoms with Crippen LogP contribution in [0.5, 0.6) is 0 Å². The first-order valence-electron chi connectivity index (χ1n) is 4.40. The smallest absolute Gasteiger partial charge is 0.385 e. The molecule has 0 aliphatic rings. The zero-order chi connectivity index (χ0) is 9.61. The molecule has 0 saturated carbocycles. The summed E-state index contributed by atoms with van der Waals surface area (Å²) in [6.45, 7) is 3.88. The van der Waals surface area contributed by atoms with Crippen LogP contribution in [0.3, 0.4) is 0 Å². The second kappa shape index (κ2) is 5.63. The van der Waals surface area contributed by atoms with Crippen LogP contribution in [0.25, 0.3) is 0 Å². The molecule has 4 heteroatoms. The molecule has 2 atom stereocenters. The molecule has 2 N–H and O–H groups in total. The van der Waals surface area contributed by atoms with Crippen LogP contribution in [0.2, 0.25) is 0 Å². The molecule has 72 valence electrons. The van der Waals surface area contributed by atoms with E-state index in [4.69, 9.17) is 4.89 Å². The van der Waals surface area contributed by atoms with Gasteiger partial charge >= 0.3 is 8.03 Å². The Kier molecular flexibility index (Phi) is 5.64. The van der Waals surface area contributed by atoms with Crippen LogP contribution in [-0.2, 0) is 4.57 Å². The fraction of sp³-hybridized carbons (Fsp3) is 1.00. The summed E-state index contributed by atoms with van der Waals surface area (Å²) in [5, 5.41) is 9.78. The number of aliphatic hydroxyl groups is 1. The molecule has 0 radical (unpaired) electrons. The summed E-state index contributed by atoms with van der Waals surface area (Å²) < 4.78 is 10.5. The Hall–Kier alpha value is 0.0200. The maximum absolute atomic E-state index is 10.5. The molecule has 0 aromatic carbocycles. The lowest BCUT2D eigenvalue weighted by atomic mass is 9.96. The zero-order valence-electron chi connectivity index (χ0n) is 7.79. The Morgan fingerprint density at radius 1 is 1.42 bits per heavy atom. The second-order valence-corrected chi connectivity index (χ2v) is 4.21. The summed E-state index contributed by atoms with van der Waals surface area (Å²) in [6, 6.07) is 0. The highest BCUT2D eigenvalue weighted by atomic mass is 31.1. The minimum atomic E-state index is -2.21. The molecule has 0 aromatic heterocycles. The fourth-order valence-electron chi connectivity index (χ4n) is 1.13. The van der Waals surface area contributed by atoms with Crippen LogP contribution in [0.15, 0.2) is 0 Å². The molecule has 0 rings (SSSR count). The van der Waals surface area contributed by atoms with E-state index < -0.39 is 13.6 Å². The average Bonchev–Trinajstić information content (AvgIpc) is 2.00. The van der Waals surface area contributed by atoms with Crippen molar-refractivity contribution in [1.29, 1.82) is 0 Å². The van der Waals surface area contributed by atoms with E-state index in [-0.39, 0.29) is 6.16 Å². The summed E-state index contributed by atoms with van der Waals surface area (Å²) in [6.07, 6.45) is 3.10. The Morgan fingerprint density at radius 2 is 2.00 bits per heavy atom. The van der Waals surface area contributed by atoms with Crippen LogP contribution in [0.1, 0.15) is 39.5 Å². The quantitative estimate of drug-likeness (QED) is 0.635. The molecule has 0 spiro atoms. The molecule has 0 bridgehead atoms. The maximum atomic E-state index is 10.5. The SMILES string of the molecule is CCCCC(O)(CC)C[P+](=O)O. The van der Waals surface area contributed by atoms with E-state index in [0.717, 1.165) is 12.8 Å². The van der Waals surface area contributed by atoms with Gasteiger partial charge in [0.2, 0.25) is 6.16 Å². The van der Waals surface area contributed by atoms with Crippen molar-refractivity contribution in [3.63, 3.8) is 0 Å². The van der Waals surface area contributed by atoms with Crippen LogP contribution < -0.4 is 0 Å². The highest BCUT2D eigenvalue weighted by molar-refractivity contribution is 7.38. The van der Waals surface area contributed by atoms with Crippen molar-refractivity contribution < 1.29 is 14.6 Å². The predicted octanol–water partition coefficient (Wildman–Crippen LogP) is 2.05. The molecule has 0 saturated heterocycles. The number of rotatable bonds is 6. The largest absolute Gasteiger partial charge is 0.508 e. The normalized spacial score (nSPS) is 17.2. The van der Waals surface area contributed by atoms with Crippen molar-refractivity contribution in [3.05, 3.63) is 0 Å². The molecule has 0 aliphatic heterocycles. The number of hydrogen-bond donors (Lipinski definition) is 2. The highest BCUT2D eigenvalue weighted by Crippen LogP contribution is 2.28. The van der Waals surface area contributed by atoms with Crippen LogP contribution >= 0.6 is 8.03 Å². The number of unbranched alkanes of at least 4 members (excludes halogenated alkanes) is 1. The Balaban J connectivity index is 3.95. The molecule has 0 fully saturated rings. The summed E-state index contributed by atoms with van der Waals surface area (Å²) >= 11 is 0. The standard InChI is InChI=1S/C8H17O3P/c1-3-5-6-8(9,4-2)7-12(10)11/h9H,3-7H2,1-2H3/p+1. The minimum Gasteiger partial charge on any atom is -0.385 e. The van der Waals surface area contributed by atoms with Crippen LogP contribution in [-0.4, -0.2) is 21.8 Å². The van der Waals surface area contributed by atoms with E-state index in [1.807, 2.05) is 13.8 Å². The lowest BCUT2D eigenvalue weighted by Crippen LogP contribution is -2.30. The average molecular weight is 193 g/mol. The van der Waals surface area contributed by atoms with Gasteiger partial charge in [0.1, 0.15) is 5.60 Å². The topological polar surface area (TPSA) is 57.5 Å². The molecule has 0 amide bonds. The van der Waals surface area contributed by atoms with Gasteiger partial charge in [-0.2, -0.15) is 4.89 Å². The lowest BCUT2D eigenvalue weighted by molar-refractivity contribution is 0.0468. The predicted molar refractivity (Wildman–Crippen MR) is 49.5 cm³/mol. The van der Waals surface area contributed by atoms with E-state index in [2.05, 4.69) is 0 Å². The van der Waals surface area contributed by atoms with Crippen molar-refractivity contribution >= 4 is 8.03 Å². The molecule has 0 aromatic rings. The summed E-state index contributed by atoms with van der Waals surface area (Å²) in [5.74, 6) is 0. The van der Waals surface area contributed by atoms with Crippen LogP contribution in [0, 0.1) is 0 Å². The first kappa shape index (κ1) is 12.0. The third-order valence-electron chi connectivity index (χ3n) is 2.08. The van der Waals surface area contributed by atoms with Gasteiger partial charge in [-0.15, -0.1) is 0 Å². The van der Waals surface area contributed by atoms with Crippen molar-refractivity contribution in [2.45, 2.75) is 45.1 Å². The van der Waals surface area contributed by atoms with Gasteiger partial charge in [0, 0.05) is 0 Å². The van der Waals surface area contributed by atoms with Gasteiger partial charge in [-0.3, -0.25) is 0 Å². The van der Waals surface area contributed by atoms with Crippen molar-refractivity contribution in [2.75, 3.05) is 6.16 Å². The second-order valence-electron chi connectivity index (χ2n) is 3.19. The van der Waals surface area contributed by atoms with Gasteiger partial charge in [0.25, 0.3) is 0 Å². The van der Waals surface area contributed by atoms with Crippen molar-refractivity contribution in [3.8, 4) is 0 Å². The van der Waals surface area contributed by atoms with Crippen molar-refractivity contribution in [2.24, 2.45) is 0 Å². The van der Waals surface area contributed by atoms with E-state index in [9.17, 15) is 9.67 Å². The third kappa shape index (κ3) is 4.81. The van der Waals surface area contributed by atoms with Crippen molar-refractivity contribution in [1.82, 2.24) is 0 Å². The molecular weight excluding hydrogens is 175 g/mol. The third-order valence-corrected chi connectivity index (χ3v) is 2.94. The molecular formula is C8H18O3P+. The highest BCUT2D eigenvalue weighted by Gasteiger charge is 2.33. The number of hydrogen-bond acceptors (Lipinski definition) is 2. The first-order valence-corrected chi connectivity index (χ1v) is 5.79. The molecule has 3 nitrogen and oxygen atoms in total. The molecule has 2 unspecified atom stereocenters. The van der Waals surface area contributed by atoms with Gasteiger partial charge in [-0.05, 0) is 17.4 Å². The van der Waals surface area contributed by atoms with E-state index in [1.54, 1.807) is 0 Å². The first-order chi connectivity index (χ1) is 5.54. The van der Waals surface area contributed by atoms with E-state index in [0.29, 0.717) is 12.8 Å². The Morgan fingerprint density at radius 3 is 2.33 bits per heavy atom. The molecule has 12 heavy (non-hydrogen) atoms. The Labute approximate surface area is 74.7 Å². The summed E-state index contributed by atoms with van der Waals surface area (Å²) in [7, 11) is -2.21. The van der Waals surface area contributed by atoms with Gasteiger partial charge < -0.3 is 5.11 Å². The van der Waals surface area contributed by atoms with E-state index in [1.165, 1.54) is 0 Å².